The molecule has 3 aromatic rings. The van der Waals surface area contributed by atoms with Gasteiger partial charge in [-0.05, 0) is 62.5 Å². The highest BCUT2D eigenvalue weighted by molar-refractivity contribution is 5.78. The summed E-state index contributed by atoms with van der Waals surface area (Å²) in [4.78, 5) is 25.4. The number of primary amides is 1. The Labute approximate surface area is 213 Å². The van der Waals surface area contributed by atoms with Crippen LogP contribution in [0.4, 0.5) is 26.4 Å². The molecule has 1 amide bonds. The van der Waals surface area contributed by atoms with Crippen molar-refractivity contribution in [2.75, 3.05) is 10.6 Å². The van der Waals surface area contributed by atoms with E-state index in [1.807, 2.05) is 4.57 Å². The van der Waals surface area contributed by atoms with Gasteiger partial charge in [0.25, 0.3) is 0 Å². The molecule has 11 heteroatoms. The van der Waals surface area contributed by atoms with Crippen LogP contribution in [0.3, 0.4) is 0 Å². The summed E-state index contributed by atoms with van der Waals surface area (Å²) in [6.07, 6.45) is 6.00. The molecule has 0 radical (unpaired) electrons. The Morgan fingerprint density at radius 1 is 1.14 bits per heavy atom. The summed E-state index contributed by atoms with van der Waals surface area (Å²) in [5, 5.41) is 16.7. The number of halogens is 2. The van der Waals surface area contributed by atoms with E-state index in [0.29, 0.717) is 49.2 Å². The van der Waals surface area contributed by atoms with Crippen molar-refractivity contribution in [3.8, 4) is 0 Å². The highest BCUT2D eigenvalue weighted by Gasteiger charge is 2.35. The van der Waals surface area contributed by atoms with E-state index in [1.54, 1.807) is 6.20 Å². The van der Waals surface area contributed by atoms with E-state index in [9.17, 15) is 18.7 Å². The number of benzene rings is 1. The molecule has 0 spiro atoms. The number of aromatic nitrogens is 4. The van der Waals surface area contributed by atoms with Crippen molar-refractivity contribution in [1.82, 2.24) is 19.5 Å². The third kappa shape index (κ3) is 5.09. The summed E-state index contributed by atoms with van der Waals surface area (Å²) in [7, 11) is 0. The van der Waals surface area contributed by atoms with E-state index in [2.05, 4.69) is 34.4 Å². The summed E-state index contributed by atoms with van der Waals surface area (Å²) >= 11 is 0. The lowest BCUT2D eigenvalue weighted by Crippen LogP contribution is -2.41. The predicted molar refractivity (Wildman–Crippen MR) is 136 cm³/mol. The number of aliphatic hydroxyl groups is 1. The van der Waals surface area contributed by atoms with Crippen LogP contribution in [0.15, 0.2) is 24.4 Å². The average Bonchev–Trinajstić information content (AvgIpc) is 3.21. The fourth-order valence-electron chi connectivity index (χ4n) is 5.47. The molecule has 37 heavy (non-hydrogen) atoms. The second-order valence-electron chi connectivity index (χ2n) is 11.0. The topological polar surface area (TPSA) is 131 Å². The van der Waals surface area contributed by atoms with Gasteiger partial charge in [0.15, 0.2) is 5.65 Å². The van der Waals surface area contributed by atoms with Crippen molar-refractivity contribution in [2.24, 2.45) is 17.1 Å². The summed E-state index contributed by atoms with van der Waals surface area (Å²) in [6.45, 7) is 4.13. The number of aliphatic hydroxyl groups excluding tert-OH is 1. The number of nitrogens with zero attached hydrogens (tertiary/aromatic N) is 4. The molecule has 5 N–H and O–H groups in total. The molecule has 2 atom stereocenters. The Morgan fingerprint density at radius 3 is 2.49 bits per heavy atom. The minimum Gasteiger partial charge on any atom is -0.392 e. The van der Waals surface area contributed by atoms with Crippen LogP contribution in [0, 0.1) is 23.0 Å². The Kier molecular flexibility index (Phi) is 6.74. The predicted octanol–water partition coefficient (Wildman–Crippen LogP) is 4.42. The summed E-state index contributed by atoms with van der Waals surface area (Å²) in [5.41, 5.74) is 6.10. The van der Waals surface area contributed by atoms with E-state index in [1.165, 1.54) is 18.2 Å². The van der Waals surface area contributed by atoms with E-state index in [0.717, 1.165) is 12.8 Å². The van der Waals surface area contributed by atoms with Crippen LogP contribution in [-0.2, 0) is 4.79 Å². The lowest BCUT2D eigenvalue weighted by Gasteiger charge is -2.39. The number of carbonyl (C=O) groups is 1. The Hall–Kier alpha value is -3.34. The minimum atomic E-state index is -0.733. The van der Waals surface area contributed by atoms with Crippen LogP contribution in [0.1, 0.15) is 64.8 Å². The normalized spacial score (nSPS) is 25.6. The molecule has 0 bridgehead atoms. The van der Waals surface area contributed by atoms with Crippen LogP contribution in [0.25, 0.3) is 11.2 Å². The number of amides is 1. The van der Waals surface area contributed by atoms with Crippen LogP contribution in [-0.4, -0.2) is 42.7 Å². The zero-order chi connectivity index (χ0) is 26.3. The van der Waals surface area contributed by atoms with Gasteiger partial charge in [-0.2, -0.15) is 4.98 Å². The molecule has 0 saturated heterocycles. The number of carbonyl (C=O) groups excluding carboxylic acids is 1. The van der Waals surface area contributed by atoms with Gasteiger partial charge in [-0.25, -0.2) is 18.7 Å². The van der Waals surface area contributed by atoms with Crippen LogP contribution >= 0.6 is 0 Å². The summed E-state index contributed by atoms with van der Waals surface area (Å²) in [5.74, 6) is -1.32. The molecule has 2 aliphatic carbocycles. The molecule has 2 aliphatic rings. The molecular weight excluding hydrogens is 480 g/mol. The first kappa shape index (κ1) is 25.3. The highest BCUT2D eigenvalue weighted by Crippen LogP contribution is 2.38. The van der Waals surface area contributed by atoms with Crippen molar-refractivity contribution < 1.29 is 18.7 Å². The smallest absolute Gasteiger partial charge is 0.224 e. The molecule has 9 nitrogen and oxygen atoms in total. The molecule has 2 fully saturated rings. The standard InChI is InChI=1S/C26H33F2N7O2/c1-26(2)11-10-15(12-20(26)36)31-24-30-13-19-23(34-24)35(16-8-6-14(7-9-16)22(29)37)25(32-19)33-21-17(27)4-3-5-18(21)28/h3-5,13-16,20,36H,6-12H2,1-2H3,(H2,29,37)(H,32,33)(H,30,31,34)/t14?,15?,16?,20-/m1/s1. The van der Waals surface area contributed by atoms with Crippen LogP contribution in [0.5, 0.6) is 0 Å². The SMILES string of the molecule is CC1(C)CCC(Nc2ncc3nc(Nc4c(F)cccc4F)n(C4CCC(C(N)=O)CC4)c3n2)C[C@H]1O. The maximum Gasteiger partial charge on any atom is 0.224 e. The van der Waals surface area contributed by atoms with Gasteiger partial charge in [-0.1, -0.05) is 19.9 Å². The van der Waals surface area contributed by atoms with Gasteiger partial charge in [-0.3, -0.25) is 9.36 Å². The molecule has 198 valence electrons. The number of anilines is 3. The number of fused-ring (bicyclic) bond motifs is 1. The Bertz CT molecular complexity index is 1280. The second-order valence-corrected chi connectivity index (χ2v) is 11.0. The first-order chi connectivity index (χ1) is 17.6. The number of imidazole rings is 1. The quantitative estimate of drug-likeness (QED) is 0.384. The van der Waals surface area contributed by atoms with E-state index in [4.69, 9.17) is 10.7 Å². The number of nitrogens with two attached hydrogens (primary N) is 1. The largest absolute Gasteiger partial charge is 0.392 e. The molecular formula is C26H33F2N7O2. The molecule has 2 saturated carbocycles. The minimum absolute atomic E-state index is 0.0213. The van der Waals surface area contributed by atoms with Crippen LogP contribution < -0.4 is 16.4 Å². The fourth-order valence-corrected chi connectivity index (χ4v) is 5.47. The van der Waals surface area contributed by atoms with E-state index in [-0.39, 0.29) is 41.0 Å². The van der Waals surface area contributed by atoms with Crippen molar-refractivity contribution in [3.05, 3.63) is 36.0 Å². The van der Waals surface area contributed by atoms with Gasteiger partial charge < -0.3 is 21.5 Å². The maximum absolute atomic E-state index is 14.5. The molecule has 1 aromatic carbocycles. The van der Waals surface area contributed by atoms with Gasteiger partial charge in [0.2, 0.25) is 17.8 Å². The zero-order valence-corrected chi connectivity index (χ0v) is 21.0. The number of hydrogen-bond acceptors (Lipinski definition) is 7. The third-order valence-corrected chi connectivity index (χ3v) is 7.98. The summed E-state index contributed by atoms with van der Waals surface area (Å²) in [6, 6.07) is 3.58. The fraction of sp³-hybridized carbons (Fsp3) is 0.538. The van der Waals surface area contributed by atoms with Crippen molar-refractivity contribution in [1.29, 1.82) is 0 Å². The molecule has 2 aromatic heterocycles. The maximum atomic E-state index is 14.5. The number of nitrogens with one attached hydrogen (secondary N) is 2. The van der Waals surface area contributed by atoms with Crippen LogP contribution in [0.2, 0.25) is 0 Å². The van der Waals surface area contributed by atoms with Crippen molar-refractivity contribution >= 4 is 34.7 Å². The monoisotopic (exact) mass is 513 g/mol. The van der Waals surface area contributed by atoms with Gasteiger partial charge in [0.05, 0.1) is 12.3 Å². The first-order valence-electron chi connectivity index (χ1n) is 12.8. The molecule has 5 rings (SSSR count). The van der Waals surface area contributed by atoms with Gasteiger partial charge in [0, 0.05) is 18.0 Å². The van der Waals surface area contributed by atoms with Crippen molar-refractivity contribution in [2.45, 2.75) is 77.0 Å². The lowest BCUT2D eigenvalue weighted by molar-refractivity contribution is -0.122. The van der Waals surface area contributed by atoms with E-state index < -0.39 is 17.7 Å². The number of hydrogen-bond donors (Lipinski definition) is 4. The first-order valence-corrected chi connectivity index (χ1v) is 12.8. The number of rotatable bonds is 6. The van der Waals surface area contributed by atoms with E-state index >= 15 is 0 Å². The molecule has 0 aliphatic heterocycles. The molecule has 2 heterocycles. The van der Waals surface area contributed by atoms with Gasteiger partial charge in [0.1, 0.15) is 22.8 Å². The molecule has 1 unspecified atom stereocenters. The highest BCUT2D eigenvalue weighted by atomic mass is 19.1. The lowest BCUT2D eigenvalue weighted by atomic mass is 9.73. The third-order valence-electron chi connectivity index (χ3n) is 7.98. The summed E-state index contributed by atoms with van der Waals surface area (Å²) < 4.78 is 30.8. The van der Waals surface area contributed by atoms with Gasteiger partial charge >= 0.3 is 0 Å². The van der Waals surface area contributed by atoms with Crippen molar-refractivity contribution in [3.63, 3.8) is 0 Å². The Balaban J connectivity index is 1.49. The van der Waals surface area contributed by atoms with Gasteiger partial charge in [-0.15, -0.1) is 0 Å². The zero-order valence-electron chi connectivity index (χ0n) is 21.0. The second kappa shape index (κ2) is 9.85. The number of para-hydroxylation sites is 1. The average molecular weight is 514 g/mol. The Morgan fingerprint density at radius 2 is 1.84 bits per heavy atom.